The van der Waals surface area contributed by atoms with E-state index in [4.69, 9.17) is 13.9 Å². The van der Waals surface area contributed by atoms with Crippen LogP contribution in [0.25, 0.3) is 12.2 Å². The van der Waals surface area contributed by atoms with Gasteiger partial charge >= 0.3 is 23.2 Å². The monoisotopic (exact) mass is 958 g/mol. The minimum absolute atomic E-state index is 0.191. The van der Waals surface area contributed by atoms with Gasteiger partial charge in [0, 0.05) is 55.6 Å². The molecule has 0 amide bonds. The van der Waals surface area contributed by atoms with Gasteiger partial charge in [-0.3, -0.25) is 9.59 Å². The predicted octanol–water partition coefficient (Wildman–Crippen LogP) is 12.8. The molecule has 4 aromatic rings. The van der Waals surface area contributed by atoms with E-state index in [0.29, 0.717) is 36.8 Å². The fourth-order valence-corrected chi connectivity index (χ4v) is 9.04. The van der Waals surface area contributed by atoms with Gasteiger partial charge in [-0.25, -0.2) is 19.2 Å². The van der Waals surface area contributed by atoms with Crippen molar-refractivity contribution in [2.24, 2.45) is 0 Å². The van der Waals surface area contributed by atoms with Crippen LogP contribution in [0.3, 0.4) is 0 Å². The number of esters is 1. The standard InChI is InChI=1S/C27H34O6S.C26H32O6S/c1-5-6-7-8-12-20-14-15-21(34-20)16-19(3)26(30)25-22(28)17-23(33-27(25)31)18(2)11-9-10-13-24(29)32-4;1-4-5-6-7-11-19-13-14-20(33-19)15-18(3)25(30)24-21(27)16-22(32-26(24)31)17(2)10-8-9-12-23(28)29/h10,13-18,28H,5-9,11-12H2,1-4H3;9,12-17,27H,4-8,10-11H2,1-3H3,(H,28,29)/b13-10+,19-16?;12-9+,18-15?. The summed E-state index contributed by atoms with van der Waals surface area (Å²) in [5.41, 5.74) is -1.76. The summed E-state index contributed by atoms with van der Waals surface area (Å²) in [5.74, 6) is -3.25. The fourth-order valence-electron chi connectivity index (χ4n) is 6.93. The number of carbonyl (C=O) groups is 4. The number of aliphatic carboxylic acids is 1. The molecule has 0 aliphatic rings. The Labute approximate surface area is 401 Å². The molecule has 0 saturated carbocycles. The number of aryl methyl sites for hydroxylation is 2. The third-order valence-corrected chi connectivity index (χ3v) is 13.1. The van der Waals surface area contributed by atoms with E-state index in [9.17, 15) is 39.0 Å². The molecule has 67 heavy (non-hydrogen) atoms. The number of carboxylic acid groups (broad SMARTS) is 1. The Morgan fingerprint density at radius 1 is 0.657 bits per heavy atom. The molecule has 0 aliphatic heterocycles. The zero-order valence-corrected chi connectivity index (χ0v) is 41.4. The average molecular weight is 959 g/mol. The van der Waals surface area contributed by atoms with E-state index in [-0.39, 0.29) is 40.2 Å². The molecule has 0 spiro atoms. The molecule has 0 fully saturated rings. The Bertz CT molecular complexity index is 2510. The molecule has 0 radical (unpaired) electrons. The highest BCUT2D eigenvalue weighted by Gasteiger charge is 2.24. The summed E-state index contributed by atoms with van der Waals surface area (Å²) in [4.78, 5) is 76.8. The third-order valence-electron chi connectivity index (χ3n) is 10.9. The minimum atomic E-state index is -1.02. The molecule has 3 N–H and O–H groups in total. The normalized spacial score (nSPS) is 12.8. The second-order valence-corrected chi connectivity index (χ2v) is 19.0. The first-order valence-electron chi connectivity index (χ1n) is 23.0. The predicted molar refractivity (Wildman–Crippen MR) is 267 cm³/mol. The Hall–Kier alpha value is -5.86. The number of ketones is 2. The number of rotatable bonds is 26. The molecular weight excluding hydrogens is 893 g/mol. The highest BCUT2D eigenvalue weighted by molar-refractivity contribution is 7.13. The second kappa shape index (κ2) is 29.0. The van der Waals surface area contributed by atoms with Crippen LogP contribution in [0.2, 0.25) is 0 Å². The first-order chi connectivity index (χ1) is 32.0. The number of aromatic hydroxyl groups is 2. The van der Waals surface area contributed by atoms with E-state index in [1.54, 1.807) is 61.7 Å². The number of methoxy groups -OCH3 is 1. The maximum absolute atomic E-state index is 12.9. The smallest absolute Gasteiger partial charge is 0.351 e. The van der Waals surface area contributed by atoms with Gasteiger partial charge in [-0.2, -0.15) is 0 Å². The molecule has 2 atom stereocenters. The summed E-state index contributed by atoms with van der Waals surface area (Å²) >= 11 is 3.25. The lowest BCUT2D eigenvalue weighted by Gasteiger charge is -2.11. The van der Waals surface area contributed by atoms with Gasteiger partial charge in [-0.05, 0) is 113 Å². The summed E-state index contributed by atoms with van der Waals surface area (Å²) in [6.07, 6.45) is 22.8. The molecule has 4 aromatic heterocycles. The molecule has 0 bridgehead atoms. The van der Waals surface area contributed by atoms with E-state index in [1.165, 1.54) is 79.7 Å². The van der Waals surface area contributed by atoms with E-state index in [2.05, 4.69) is 30.7 Å². The van der Waals surface area contributed by atoms with Gasteiger partial charge in [0.1, 0.15) is 34.1 Å². The van der Waals surface area contributed by atoms with Gasteiger partial charge in [0.2, 0.25) is 0 Å². The van der Waals surface area contributed by atoms with E-state index >= 15 is 0 Å². The lowest BCUT2D eigenvalue weighted by Crippen LogP contribution is -2.16. The number of thiophene rings is 2. The van der Waals surface area contributed by atoms with Crippen molar-refractivity contribution in [2.75, 3.05) is 7.11 Å². The second-order valence-electron chi connectivity index (χ2n) is 16.6. The number of Topliss-reactive ketones (excluding diaryl/α,β-unsaturated/α-hetero) is 2. The van der Waals surface area contributed by atoms with Crippen LogP contribution >= 0.6 is 22.7 Å². The number of ether oxygens (including phenoxy) is 1. The summed E-state index contributed by atoms with van der Waals surface area (Å²) in [6, 6.07) is 10.7. The summed E-state index contributed by atoms with van der Waals surface area (Å²) in [6.45, 7) is 11.3. The van der Waals surface area contributed by atoms with Crippen molar-refractivity contribution in [2.45, 2.75) is 143 Å². The molecule has 362 valence electrons. The van der Waals surface area contributed by atoms with Crippen molar-refractivity contribution in [1.29, 1.82) is 0 Å². The zero-order valence-electron chi connectivity index (χ0n) is 39.8. The van der Waals surface area contributed by atoms with Crippen LogP contribution in [0.1, 0.15) is 182 Å². The van der Waals surface area contributed by atoms with Crippen molar-refractivity contribution in [3.8, 4) is 11.5 Å². The van der Waals surface area contributed by atoms with Crippen LogP contribution in [0.5, 0.6) is 11.5 Å². The largest absolute Gasteiger partial charge is 0.507 e. The van der Waals surface area contributed by atoms with E-state index in [0.717, 1.165) is 41.5 Å². The summed E-state index contributed by atoms with van der Waals surface area (Å²) in [5, 5.41) is 29.5. The SMILES string of the molecule is CCCCCCc1ccc(C=C(C)C(=O)c2c(O)cc(C(C)CC/C=C/C(=O)O)oc2=O)s1.CCCCCCc1ccc(C=C(C)C(=O)c2c(O)cc(C(C)CC/C=C/C(=O)OC)oc2=O)s1. The molecule has 4 rings (SSSR count). The number of allylic oxidation sites excluding steroid dienone is 4. The van der Waals surface area contributed by atoms with E-state index < -0.39 is 40.5 Å². The van der Waals surface area contributed by atoms with E-state index in [1.807, 2.05) is 19.1 Å². The van der Waals surface area contributed by atoms with Crippen molar-refractivity contribution in [3.63, 3.8) is 0 Å². The maximum Gasteiger partial charge on any atom is 0.351 e. The van der Waals surface area contributed by atoms with Gasteiger partial charge in [0.05, 0.1) is 7.11 Å². The van der Waals surface area contributed by atoms with Crippen molar-refractivity contribution in [3.05, 3.63) is 135 Å². The average Bonchev–Trinajstić information content (AvgIpc) is 3.94. The molecule has 14 heteroatoms. The Morgan fingerprint density at radius 3 is 1.45 bits per heavy atom. The first kappa shape index (κ1) is 55.5. The quantitative estimate of drug-likeness (QED) is 0.0233. The number of carboxylic acids is 1. The maximum atomic E-state index is 12.9. The molecule has 0 aromatic carbocycles. The molecule has 0 aliphatic carbocycles. The molecule has 0 saturated heterocycles. The van der Waals surface area contributed by atoms with Gasteiger partial charge in [-0.1, -0.05) is 78.4 Å². The zero-order chi connectivity index (χ0) is 49.5. The number of hydrogen-bond donors (Lipinski definition) is 3. The van der Waals surface area contributed by atoms with Gasteiger partial charge < -0.3 is 28.9 Å². The van der Waals surface area contributed by atoms with Crippen LogP contribution < -0.4 is 11.3 Å². The minimum Gasteiger partial charge on any atom is -0.507 e. The first-order valence-corrected chi connectivity index (χ1v) is 24.6. The highest BCUT2D eigenvalue weighted by atomic mass is 32.1. The van der Waals surface area contributed by atoms with Crippen LogP contribution in [-0.2, 0) is 27.2 Å². The van der Waals surface area contributed by atoms with Crippen LogP contribution in [0.15, 0.2) is 90.3 Å². The van der Waals surface area contributed by atoms with Gasteiger partial charge in [-0.15, -0.1) is 22.7 Å². The van der Waals surface area contributed by atoms with Crippen molar-refractivity contribution >= 4 is 58.3 Å². The number of carbonyl (C=O) groups excluding carboxylic acids is 3. The number of unbranched alkanes of at least 4 members (excludes halogenated alkanes) is 6. The highest BCUT2D eigenvalue weighted by Crippen LogP contribution is 2.29. The lowest BCUT2D eigenvalue weighted by atomic mass is 9.99. The molecular formula is C53H66O12S2. The van der Waals surface area contributed by atoms with Gasteiger partial charge in [0.15, 0.2) is 11.6 Å². The molecule has 4 heterocycles. The topological polar surface area (TPSA) is 199 Å². The number of hydrogen-bond acceptors (Lipinski definition) is 13. The molecule has 12 nitrogen and oxygen atoms in total. The summed E-state index contributed by atoms with van der Waals surface area (Å²) in [7, 11) is 1.31. The van der Waals surface area contributed by atoms with Crippen LogP contribution in [0.4, 0.5) is 0 Å². The Balaban J connectivity index is 0.000000355. The third kappa shape index (κ3) is 18.7. The molecule has 2 unspecified atom stereocenters. The lowest BCUT2D eigenvalue weighted by molar-refractivity contribution is -0.135. The Kier molecular flexibility index (Phi) is 24.0. The van der Waals surface area contributed by atoms with Crippen LogP contribution in [-0.4, -0.2) is 45.9 Å². The van der Waals surface area contributed by atoms with Gasteiger partial charge in [0.25, 0.3) is 0 Å². The fraction of sp³-hybridized carbons (Fsp3) is 0.434. The van der Waals surface area contributed by atoms with Crippen LogP contribution in [0, 0.1) is 0 Å². The van der Waals surface area contributed by atoms with Crippen molar-refractivity contribution < 1.29 is 48.1 Å². The summed E-state index contributed by atoms with van der Waals surface area (Å²) < 4.78 is 15.2. The Morgan fingerprint density at radius 2 is 1.07 bits per heavy atom. The van der Waals surface area contributed by atoms with Crippen molar-refractivity contribution in [1.82, 2.24) is 0 Å².